The minimum Gasteiger partial charge on any atom is -0.437 e. The summed E-state index contributed by atoms with van der Waals surface area (Å²) >= 11 is 0. The van der Waals surface area contributed by atoms with Crippen LogP contribution in [0.25, 0.3) is 0 Å². The molecule has 5 aliphatic rings. The van der Waals surface area contributed by atoms with Crippen LogP contribution in [0, 0.1) is 11.8 Å². The van der Waals surface area contributed by atoms with Crippen molar-refractivity contribution in [3.05, 3.63) is 108 Å². The standard InChI is InChI=1S/C31H52O6Si5.C27H56O6Si6/c1-25(28-14-10-8-11-15-28)23-41(6)34-38(3)33-40(5,21-20-27-18-19-30-31(22-27)32-30)37-42(7,36-39(4)35-41)24-26(2)29-16-12-9-13-17-29;1-23(25-15-13-12-14-16-25)22-39(11,33-37(7,8)9)31-35(3)29-34(2)30-38(10,32-36(4,5)6)20-19-24-17-18-26-27(21-24)28-26/h8-17,25-27,30-31,38-39H,18-24H2,1-7H3;12-16,23-24,26-27,34-35H,17-22H2,1-11H3. The summed E-state index contributed by atoms with van der Waals surface area (Å²) in [5.41, 5.74) is 4.00. The first-order valence-electron chi connectivity index (χ1n) is 31.2. The van der Waals surface area contributed by atoms with E-state index in [4.69, 9.17) is 50.6 Å². The van der Waals surface area contributed by atoms with Gasteiger partial charge in [0.2, 0.25) is 0 Å². The molecular formula is C58H108O12Si11. The van der Waals surface area contributed by atoms with Gasteiger partial charge in [-0.15, -0.1) is 0 Å². The minimum atomic E-state index is -2.67. The molecule has 3 aromatic carbocycles. The molecule has 3 aromatic rings. The van der Waals surface area contributed by atoms with Gasteiger partial charge in [-0.1, -0.05) is 112 Å². The van der Waals surface area contributed by atoms with Gasteiger partial charge in [-0.25, -0.2) is 0 Å². The lowest BCUT2D eigenvalue weighted by Crippen LogP contribution is -2.60. The summed E-state index contributed by atoms with van der Waals surface area (Å²) in [6.07, 6.45) is 11.8. The van der Waals surface area contributed by atoms with E-state index in [9.17, 15) is 0 Å². The number of hydrogen-bond acceptors (Lipinski definition) is 12. The second-order valence-electron chi connectivity index (χ2n) is 27.7. The van der Waals surface area contributed by atoms with Crippen LogP contribution in [0.2, 0.25) is 128 Å². The molecule has 81 heavy (non-hydrogen) atoms. The van der Waals surface area contributed by atoms with E-state index >= 15 is 0 Å². The number of rotatable bonds is 25. The average molecular weight is 1310 g/mol. The molecule has 0 aromatic heterocycles. The summed E-state index contributed by atoms with van der Waals surface area (Å²) in [7, 11) is -24.2. The van der Waals surface area contributed by atoms with Crippen LogP contribution in [0.1, 0.15) is 107 Å². The Hall–Kier alpha value is -0.434. The Balaban J connectivity index is 0.000000234. The molecule has 3 heterocycles. The van der Waals surface area contributed by atoms with E-state index in [0.29, 0.717) is 48.1 Å². The molecule has 18 unspecified atom stereocenters. The molecule has 8 rings (SSSR count). The molecule has 12 nitrogen and oxygen atoms in total. The molecule has 18 atom stereocenters. The summed E-state index contributed by atoms with van der Waals surface area (Å²) in [5.74, 6) is 2.48. The molecule has 2 aliphatic carbocycles. The molecule has 0 amide bonds. The SMILES string of the molecule is CC(C[Si](C)(O[SiH](C)O[SiH](C)O[Si](C)(CCC1CCC2OC2C1)O[Si](C)(C)C)O[Si](C)(C)C)c1ccccc1.CC(C[Si]1(C)O[SiH](C)O[Si](C)(CCC2CCC3OC3C2)O[Si](C)(CC(C)c2ccccc2)O[SiH](C)O1)c1ccccc1. The Morgan fingerprint density at radius 2 is 0.914 bits per heavy atom. The lowest BCUT2D eigenvalue weighted by molar-refractivity contribution is 0.244. The van der Waals surface area contributed by atoms with Gasteiger partial charge < -0.3 is 50.6 Å². The molecule has 2 saturated carbocycles. The summed E-state index contributed by atoms with van der Waals surface area (Å²) in [5, 5.41) is 0. The van der Waals surface area contributed by atoms with Crippen LogP contribution >= 0.6 is 0 Å². The first-order valence-corrected chi connectivity index (χ1v) is 59.0. The third-order valence-electron chi connectivity index (χ3n) is 16.7. The Labute approximate surface area is 506 Å². The monoisotopic (exact) mass is 1300 g/mol. The zero-order valence-electron chi connectivity index (χ0n) is 53.3. The predicted octanol–water partition coefficient (Wildman–Crippen LogP) is 14.9. The van der Waals surface area contributed by atoms with Crippen LogP contribution < -0.4 is 0 Å². The van der Waals surface area contributed by atoms with Crippen molar-refractivity contribution in [2.24, 2.45) is 11.8 Å². The predicted molar refractivity (Wildman–Crippen MR) is 358 cm³/mol. The Morgan fingerprint density at radius 3 is 1.37 bits per heavy atom. The van der Waals surface area contributed by atoms with Crippen molar-refractivity contribution in [1.82, 2.24) is 0 Å². The van der Waals surface area contributed by atoms with Crippen LogP contribution in [0.5, 0.6) is 0 Å². The number of epoxide rings is 2. The number of hydrogen-bond donors (Lipinski definition) is 0. The largest absolute Gasteiger partial charge is 0.437 e. The lowest BCUT2D eigenvalue weighted by Gasteiger charge is -2.45. The van der Waals surface area contributed by atoms with E-state index in [1.165, 1.54) is 61.6 Å². The van der Waals surface area contributed by atoms with Crippen LogP contribution in [-0.4, -0.2) is 121 Å². The molecule has 0 radical (unpaired) electrons. The topological polar surface area (TPSA) is 117 Å². The van der Waals surface area contributed by atoms with Crippen molar-refractivity contribution in [2.75, 3.05) is 0 Å². The maximum absolute atomic E-state index is 7.31. The molecule has 0 N–H and O–H groups in total. The number of fused-ring (bicyclic) bond motifs is 2. The van der Waals surface area contributed by atoms with Gasteiger partial charge in [-0.2, -0.15) is 0 Å². The highest BCUT2D eigenvalue weighted by Crippen LogP contribution is 2.44. The number of benzene rings is 3. The third kappa shape index (κ3) is 22.9. The highest BCUT2D eigenvalue weighted by molar-refractivity contribution is 6.88. The molecule has 23 heteroatoms. The second-order valence-corrected chi connectivity index (χ2v) is 63.5. The van der Waals surface area contributed by atoms with E-state index in [0.717, 1.165) is 42.6 Å². The van der Waals surface area contributed by atoms with Crippen LogP contribution in [-0.2, 0) is 50.6 Å². The fraction of sp³-hybridized carbons (Fsp3) is 0.690. The fourth-order valence-electron chi connectivity index (χ4n) is 13.6. The Morgan fingerprint density at radius 1 is 0.519 bits per heavy atom. The zero-order chi connectivity index (χ0) is 59.0. The minimum absolute atomic E-state index is 0.334. The van der Waals surface area contributed by atoms with Crippen molar-refractivity contribution in [1.29, 1.82) is 0 Å². The van der Waals surface area contributed by atoms with Gasteiger partial charge in [-0.3, -0.25) is 0 Å². The fourth-order valence-corrected chi connectivity index (χ4v) is 62.5. The van der Waals surface area contributed by atoms with E-state index in [-0.39, 0.29) is 0 Å². The summed E-state index contributed by atoms with van der Waals surface area (Å²) in [4.78, 5) is 0. The van der Waals surface area contributed by atoms with E-state index in [2.05, 4.69) is 210 Å². The third-order valence-corrected chi connectivity index (χ3v) is 58.0. The lowest BCUT2D eigenvalue weighted by atomic mass is 9.88. The van der Waals surface area contributed by atoms with E-state index in [1.807, 2.05) is 0 Å². The van der Waals surface area contributed by atoms with E-state index in [1.54, 1.807) is 0 Å². The van der Waals surface area contributed by atoms with Crippen molar-refractivity contribution in [2.45, 2.75) is 243 Å². The van der Waals surface area contributed by atoms with Crippen LogP contribution in [0.4, 0.5) is 0 Å². The molecule has 3 saturated heterocycles. The molecule has 5 fully saturated rings. The highest BCUT2D eigenvalue weighted by atomic mass is 28.5. The summed E-state index contributed by atoms with van der Waals surface area (Å²) < 4.78 is 80.9. The normalized spacial score (nSPS) is 33.1. The summed E-state index contributed by atoms with van der Waals surface area (Å²) in [6.45, 7) is 40.5. The maximum atomic E-state index is 7.31. The molecular weight excluding hydrogens is 1200 g/mol. The second kappa shape index (κ2) is 29.3. The van der Waals surface area contributed by atoms with Crippen molar-refractivity contribution in [3.63, 3.8) is 0 Å². The van der Waals surface area contributed by atoms with Gasteiger partial charge in [0, 0.05) is 0 Å². The Kier molecular flexibility index (Phi) is 24.6. The smallest absolute Gasteiger partial charge is 0.317 e. The quantitative estimate of drug-likeness (QED) is 0.0594. The van der Waals surface area contributed by atoms with Crippen molar-refractivity contribution < 1.29 is 50.6 Å². The first-order chi connectivity index (χ1) is 37.9. The van der Waals surface area contributed by atoms with Gasteiger partial charge in [0.25, 0.3) is 18.6 Å². The van der Waals surface area contributed by atoms with Gasteiger partial charge in [0.05, 0.1) is 24.4 Å². The molecule has 0 bridgehead atoms. The number of ether oxygens (including phenoxy) is 2. The van der Waals surface area contributed by atoms with Crippen molar-refractivity contribution in [3.8, 4) is 0 Å². The molecule has 0 spiro atoms. The first kappa shape index (κ1) is 68.1. The van der Waals surface area contributed by atoms with Crippen LogP contribution in [0.15, 0.2) is 91.0 Å². The van der Waals surface area contributed by atoms with E-state index < -0.39 is 96.6 Å². The average Bonchev–Trinajstić information content (AvgIpc) is 4.49. The van der Waals surface area contributed by atoms with Crippen LogP contribution in [0.3, 0.4) is 0 Å². The van der Waals surface area contributed by atoms with Gasteiger partial charge in [-0.05, 0) is 226 Å². The van der Waals surface area contributed by atoms with Gasteiger partial charge in [0.15, 0.2) is 16.6 Å². The molecule has 3 aliphatic heterocycles. The molecule has 456 valence electrons. The highest BCUT2D eigenvalue weighted by Gasteiger charge is 2.52. The van der Waals surface area contributed by atoms with Gasteiger partial charge in [0.1, 0.15) is 0 Å². The van der Waals surface area contributed by atoms with Crippen molar-refractivity contribution >= 4 is 96.6 Å². The zero-order valence-corrected chi connectivity index (χ0v) is 64.9. The Bertz CT molecular complexity index is 2370. The van der Waals surface area contributed by atoms with Gasteiger partial charge >= 0.3 is 61.4 Å². The summed E-state index contributed by atoms with van der Waals surface area (Å²) in [6, 6.07) is 37.0. The maximum Gasteiger partial charge on any atom is 0.317 e.